The standard InChI is InChI=1S/C23H19N3/c1-17(20-12-6-9-18-8-2-3-11-21(18)20)25-16-19-10-7-14-23(26-19)22-13-4-5-15-24-22/h2-17H,1H3/t17-/m0/s1. The molecular formula is C23H19N3. The molecule has 0 fully saturated rings. The number of aromatic nitrogens is 2. The van der Waals surface area contributed by atoms with Crippen LogP contribution in [0.3, 0.4) is 0 Å². The lowest BCUT2D eigenvalue weighted by molar-refractivity contribution is 0.833. The van der Waals surface area contributed by atoms with Crippen molar-refractivity contribution >= 4 is 17.0 Å². The van der Waals surface area contributed by atoms with Gasteiger partial charge in [-0.15, -0.1) is 0 Å². The highest BCUT2D eigenvalue weighted by molar-refractivity contribution is 5.86. The average molecular weight is 337 g/mol. The van der Waals surface area contributed by atoms with Crippen LogP contribution in [0.4, 0.5) is 0 Å². The molecule has 2 aromatic carbocycles. The van der Waals surface area contributed by atoms with Crippen LogP contribution >= 0.6 is 0 Å². The lowest BCUT2D eigenvalue weighted by Crippen LogP contribution is -1.95. The summed E-state index contributed by atoms with van der Waals surface area (Å²) in [7, 11) is 0. The van der Waals surface area contributed by atoms with Crippen LogP contribution in [-0.4, -0.2) is 16.2 Å². The minimum atomic E-state index is 0.0569. The molecule has 0 saturated heterocycles. The van der Waals surface area contributed by atoms with E-state index in [1.54, 1.807) is 6.20 Å². The first-order valence-corrected chi connectivity index (χ1v) is 8.70. The summed E-state index contributed by atoms with van der Waals surface area (Å²) in [5.41, 5.74) is 3.78. The van der Waals surface area contributed by atoms with Crippen molar-refractivity contribution in [3.05, 3.63) is 96.3 Å². The smallest absolute Gasteiger partial charge is 0.0894 e. The van der Waals surface area contributed by atoms with Crippen molar-refractivity contribution in [1.29, 1.82) is 0 Å². The summed E-state index contributed by atoms with van der Waals surface area (Å²) in [6.07, 6.45) is 3.62. The second kappa shape index (κ2) is 7.28. The molecule has 4 aromatic rings. The third kappa shape index (κ3) is 3.38. The Hall–Kier alpha value is -3.33. The van der Waals surface area contributed by atoms with Gasteiger partial charge in [-0.1, -0.05) is 54.6 Å². The Kier molecular flexibility index (Phi) is 4.52. The molecule has 3 nitrogen and oxygen atoms in total. The van der Waals surface area contributed by atoms with E-state index in [9.17, 15) is 0 Å². The van der Waals surface area contributed by atoms with Gasteiger partial charge in [0.15, 0.2) is 0 Å². The van der Waals surface area contributed by atoms with E-state index in [0.717, 1.165) is 17.1 Å². The second-order valence-electron chi connectivity index (χ2n) is 6.19. The molecule has 0 bridgehead atoms. The van der Waals surface area contributed by atoms with Crippen LogP contribution < -0.4 is 0 Å². The third-order valence-corrected chi connectivity index (χ3v) is 4.40. The summed E-state index contributed by atoms with van der Waals surface area (Å²) < 4.78 is 0. The van der Waals surface area contributed by atoms with Crippen molar-refractivity contribution < 1.29 is 0 Å². The van der Waals surface area contributed by atoms with Crippen LogP contribution in [0.5, 0.6) is 0 Å². The number of hydrogen-bond donors (Lipinski definition) is 0. The summed E-state index contributed by atoms with van der Waals surface area (Å²) >= 11 is 0. The zero-order chi connectivity index (χ0) is 17.8. The van der Waals surface area contributed by atoms with Crippen LogP contribution in [0.2, 0.25) is 0 Å². The van der Waals surface area contributed by atoms with E-state index in [4.69, 9.17) is 4.99 Å². The van der Waals surface area contributed by atoms with Gasteiger partial charge in [0.2, 0.25) is 0 Å². The van der Waals surface area contributed by atoms with Crippen LogP contribution in [0.15, 0.2) is 90.1 Å². The minimum Gasteiger partial charge on any atom is -0.283 e. The molecule has 0 amide bonds. The zero-order valence-electron chi connectivity index (χ0n) is 14.6. The monoisotopic (exact) mass is 337 g/mol. The number of hydrogen-bond acceptors (Lipinski definition) is 3. The van der Waals surface area contributed by atoms with Gasteiger partial charge in [0, 0.05) is 12.4 Å². The van der Waals surface area contributed by atoms with Gasteiger partial charge in [-0.25, -0.2) is 4.98 Å². The number of fused-ring (bicyclic) bond motifs is 1. The normalized spacial score (nSPS) is 12.5. The maximum atomic E-state index is 4.74. The zero-order valence-corrected chi connectivity index (χ0v) is 14.6. The van der Waals surface area contributed by atoms with E-state index in [1.807, 2.05) is 42.6 Å². The highest BCUT2D eigenvalue weighted by Gasteiger charge is 2.07. The summed E-state index contributed by atoms with van der Waals surface area (Å²) in [4.78, 5) is 13.8. The lowest BCUT2D eigenvalue weighted by atomic mass is 10.00. The van der Waals surface area contributed by atoms with Crippen molar-refractivity contribution in [2.75, 3.05) is 0 Å². The van der Waals surface area contributed by atoms with Gasteiger partial charge in [-0.05, 0) is 47.5 Å². The Morgan fingerprint density at radius 2 is 1.58 bits per heavy atom. The van der Waals surface area contributed by atoms with Gasteiger partial charge in [-0.2, -0.15) is 0 Å². The van der Waals surface area contributed by atoms with Gasteiger partial charge >= 0.3 is 0 Å². The number of nitrogens with zero attached hydrogens (tertiary/aromatic N) is 3. The van der Waals surface area contributed by atoms with Gasteiger partial charge in [0.1, 0.15) is 0 Å². The predicted molar refractivity (Wildman–Crippen MR) is 107 cm³/mol. The molecule has 3 heteroatoms. The van der Waals surface area contributed by atoms with Crippen molar-refractivity contribution in [1.82, 2.24) is 9.97 Å². The number of rotatable bonds is 4. The minimum absolute atomic E-state index is 0.0569. The molecule has 0 N–H and O–H groups in total. The van der Waals surface area contributed by atoms with Gasteiger partial charge in [-0.3, -0.25) is 9.98 Å². The lowest BCUT2D eigenvalue weighted by Gasteiger charge is -2.10. The van der Waals surface area contributed by atoms with E-state index in [1.165, 1.54) is 16.3 Å². The first-order chi connectivity index (χ1) is 12.8. The molecule has 0 aliphatic carbocycles. The average Bonchev–Trinajstić information content (AvgIpc) is 2.72. The number of aliphatic imine (C=N–C) groups is 1. The van der Waals surface area contributed by atoms with Crippen LogP contribution in [-0.2, 0) is 0 Å². The highest BCUT2D eigenvalue weighted by Crippen LogP contribution is 2.26. The molecule has 2 heterocycles. The predicted octanol–water partition coefficient (Wildman–Crippen LogP) is 5.48. The number of benzene rings is 2. The van der Waals surface area contributed by atoms with Crippen molar-refractivity contribution in [2.24, 2.45) is 4.99 Å². The number of pyridine rings is 2. The molecule has 2 aromatic heterocycles. The van der Waals surface area contributed by atoms with Crippen LogP contribution in [0.1, 0.15) is 24.2 Å². The molecule has 0 aliphatic rings. The summed E-state index contributed by atoms with van der Waals surface area (Å²) in [5.74, 6) is 0. The molecule has 4 rings (SSSR count). The van der Waals surface area contributed by atoms with Gasteiger partial charge in [0.05, 0.1) is 23.1 Å². The second-order valence-corrected chi connectivity index (χ2v) is 6.19. The van der Waals surface area contributed by atoms with Crippen molar-refractivity contribution in [3.63, 3.8) is 0 Å². The highest BCUT2D eigenvalue weighted by atomic mass is 14.8. The fourth-order valence-corrected chi connectivity index (χ4v) is 3.06. The first-order valence-electron chi connectivity index (χ1n) is 8.70. The molecule has 126 valence electrons. The van der Waals surface area contributed by atoms with E-state index < -0.39 is 0 Å². The molecule has 0 aliphatic heterocycles. The first kappa shape index (κ1) is 16.2. The molecule has 0 unspecified atom stereocenters. The third-order valence-electron chi connectivity index (χ3n) is 4.40. The Morgan fingerprint density at radius 1 is 0.808 bits per heavy atom. The largest absolute Gasteiger partial charge is 0.283 e. The van der Waals surface area contributed by atoms with E-state index in [2.05, 4.69) is 59.4 Å². The topological polar surface area (TPSA) is 38.1 Å². The fraction of sp³-hybridized carbons (Fsp3) is 0.0870. The van der Waals surface area contributed by atoms with E-state index in [0.29, 0.717) is 0 Å². The molecule has 0 spiro atoms. The summed E-state index contributed by atoms with van der Waals surface area (Å²) in [6.45, 7) is 2.11. The quantitative estimate of drug-likeness (QED) is 0.463. The van der Waals surface area contributed by atoms with Crippen molar-refractivity contribution in [3.8, 4) is 11.4 Å². The molecule has 0 saturated carbocycles. The fourth-order valence-electron chi connectivity index (χ4n) is 3.06. The Labute approximate surface area is 153 Å². The Bertz CT molecular complexity index is 1050. The Morgan fingerprint density at radius 3 is 2.46 bits per heavy atom. The molecular weight excluding hydrogens is 318 g/mol. The van der Waals surface area contributed by atoms with Crippen LogP contribution in [0, 0.1) is 0 Å². The van der Waals surface area contributed by atoms with Gasteiger partial charge in [0.25, 0.3) is 0 Å². The van der Waals surface area contributed by atoms with E-state index in [-0.39, 0.29) is 6.04 Å². The summed E-state index contributed by atoms with van der Waals surface area (Å²) in [6, 6.07) is 26.6. The van der Waals surface area contributed by atoms with E-state index >= 15 is 0 Å². The maximum Gasteiger partial charge on any atom is 0.0894 e. The van der Waals surface area contributed by atoms with Crippen LogP contribution in [0.25, 0.3) is 22.2 Å². The van der Waals surface area contributed by atoms with Crippen molar-refractivity contribution in [2.45, 2.75) is 13.0 Å². The molecule has 0 radical (unpaired) electrons. The maximum absolute atomic E-state index is 4.74. The summed E-state index contributed by atoms with van der Waals surface area (Å²) in [5, 5.41) is 2.48. The molecule has 1 atom stereocenters. The molecule has 26 heavy (non-hydrogen) atoms. The Balaban J connectivity index is 1.62. The SMILES string of the molecule is C[C@H](N=Cc1cccc(-c2ccccn2)n1)c1cccc2ccccc12. The van der Waals surface area contributed by atoms with Gasteiger partial charge < -0.3 is 0 Å².